The van der Waals surface area contributed by atoms with Crippen molar-refractivity contribution in [2.75, 3.05) is 29.4 Å². The van der Waals surface area contributed by atoms with Crippen LogP contribution in [0, 0.1) is 0 Å². The first kappa shape index (κ1) is 54.9. The number of benzene rings is 15. The molecule has 0 unspecified atom stereocenters. The predicted molar refractivity (Wildman–Crippen MR) is 414 cm³/mol. The van der Waals surface area contributed by atoms with E-state index in [4.69, 9.17) is 0 Å². The molecule has 0 saturated heterocycles. The lowest BCUT2D eigenvalue weighted by Crippen LogP contribution is -2.84. The molecule has 0 saturated carbocycles. The second-order valence-electron chi connectivity index (χ2n) is 26.3. The molecule has 0 atom stereocenters. The monoisotopic (exact) mass is 1280 g/mol. The molecule has 6 heterocycles. The van der Waals surface area contributed by atoms with Crippen molar-refractivity contribution in [1.82, 2.24) is 0 Å². The van der Waals surface area contributed by atoms with E-state index >= 15 is 0 Å². The van der Waals surface area contributed by atoms with E-state index in [2.05, 4.69) is 393 Å². The summed E-state index contributed by atoms with van der Waals surface area (Å²) in [4.78, 5) is 16.2. The summed E-state index contributed by atoms with van der Waals surface area (Å²) in [6.45, 7) is 0. The first-order valence-electron chi connectivity index (χ1n) is 33.9. The van der Waals surface area contributed by atoms with E-state index in [1.165, 1.54) is 110 Å². The summed E-state index contributed by atoms with van der Waals surface area (Å²) in [7, 11) is -7.64. The van der Waals surface area contributed by atoms with Gasteiger partial charge in [-0.1, -0.05) is 243 Å². The van der Waals surface area contributed by atoms with Crippen molar-refractivity contribution in [3.05, 3.63) is 364 Å². The van der Waals surface area contributed by atoms with Crippen LogP contribution in [-0.4, -0.2) is 16.1 Å². The van der Waals surface area contributed by atoms with Crippen molar-refractivity contribution in [3.63, 3.8) is 0 Å². The average Bonchev–Trinajstić information content (AvgIpc) is 0.627. The van der Waals surface area contributed by atoms with E-state index < -0.39 is 16.1 Å². The molecule has 15 aromatic rings. The highest BCUT2D eigenvalue weighted by Crippen LogP contribution is 2.63. The Bertz CT molecular complexity index is 5430. The number of fused-ring (bicyclic) bond motifs is 2. The highest BCUT2D eigenvalue weighted by atomic mass is 28.3. The third kappa shape index (κ3) is 7.28. The van der Waals surface area contributed by atoms with Crippen molar-refractivity contribution >= 4 is 160 Å². The largest absolute Gasteiger partial charge is 0.311 e. The van der Waals surface area contributed by atoms with Crippen molar-refractivity contribution < 1.29 is 0 Å². The fourth-order valence-corrected chi connectivity index (χ4v) is 29.5. The van der Waals surface area contributed by atoms with Crippen LogP contribution in [0.5, 0.6) is 0 Å². The maximum absolute atomic E-state index is 3.88. The smallest absolute Gasteiger partial charge is 0.194 e. The minimum atomic E-state index is -3.88. The van der Waals surface area contributed by atoms with Gasteiger partial charge >= 0.3 is 0 Å². The molecule has 6 nitrogen and oxygen atoms in total. The topological polar surface area (TPSA) is 19.4 Å². The van der Waals surface area contributed by atoms with Gasteiger partial charge in [0.25, 0.3) is 0 Å². The molecule has 458 valence electrons. The molecule has 15 aromatic carbocycles. The number of rotatable bonds is 10. The van der Waals surface area contributed by atoms with E-state index in [0.717, 1.165) is 56.4 Å². The van der Waals surface area contributed by atoms with Crippen LogP contribution in [0.2, 0.25) is 0 Å². The molecule has 6 aliphatic heterocycles. The van der Waals surface area contributed by atoms with Gasteiger partial charge in [-0.15, -0.1) is 0 Å². The van der Waals surface area contributed by atoms with E-state index in [-0.39, 0.29) is 0 Å². The molecule has 6 aliphatic rings. The van der Waals surface area contributed by atoms with Gasteiger partial charge in [-0.25, -0.2) is 0 Å². The van der Waals surface area contributed by atoms with Crippen LogP contribution in [0.15, 0.2) is 364 Å². The number of hydrogen-bond acceptors (Lipinski definition) is 6. The summed E-state index contributed by atoms with van der Waals surface area (Å²) >= 11 is 0. The second-order valence-corrected chi connectivity index (χ2v) is 33.4. The normalized spacial score (nSPS) is 14.6. The van der Waals surface area contributed by atoms with Crippen molar-refractivity contribution in [3.8, 4) is 22.3 Å². The van der Waals surface area contributed by atoms with Gasteiger partial charge in [-0.05, 0) is 154 Å². The van der Waals surface area contributed by atoms with Crippen LogP contribution in [0.3, 0.4) is 0 Å². The van der Waals surface area contributed by atoms with Crippen LogP contribution >= 0.6 is 0 Å². The SMILES string of the molecule is c1ccc(-c2cc3c4c(c2)N(c2ccccc2)c2c5c6c(c7c2[Si]4(c2ccccc2)c2c(cc(-c4ccccc4)cc2N7c2ccccc2)N3c2ccccc2)N(c2ccccc2)c2cccc3c2[Si]6(c2ccccc2)c2c(cccc2N5c2ccccc2)N3c2ccccc2)cc1. The standard InChI is InChI=1S/C90H60N6Si2/c1-11-33-61(34-12-1)63-57-77-87-79(59-63)95(69-45-23-7-24-46-69)83-81-89-82(84-90(83)98(87,72-51-29-10-30-52-72)88-78(92(77)66-39-17-4-18-40-66)58-64(62-35-13-2-14-36-62)60-80(88)96(84)70-47-25-8-26-48-70)94(68-43-21-6-22-44-68)76-56-32-54-74-86(76)97(89,71-49-27-9-28-50-71)85-73(91(74)65-37-15-3-16-38-65)53-31-55-75(85)93(81)67-41-19-5-20-42-67/h1-60H. The molecule has 0 amide bonds. The van der Waals surface area contributed by atoms with Gasteiger partial charge < -0.3 is 29.4 Å². The van der Waals surface area contributed by atoms with Gasteiger partial charge in [0.15, 0.2) is 16.1 Å². The van der Waals surface area contributed by atoms with Crippen LogP contribution in [-0.2, 0) is 0 Å². The summed E-state index contributed by atoms with van der Waals surface area (Å²) < 4.78 is 0. The van der Waals surface area contributed by atoms with Gasteiger partial charge in [0.1, 0.15) is 0 Å². The lowest BCUT2D eigenvalue weighted by molar-refractivity contribution is 1.17. The van der Waals surface area contributed by atoms with Crippen molar-refractivity contribution in [2.45, 2.75) is 0 Å². The third-order valence-electron chi connectivity index (χ3n) is 21.4. The van der Waals surface area contributed by atoms with Crippen LogP contribution in [0.1, 0.15) is 0 Å². The van der Waals surface area contributed by atoms with E-state index in [1.54, 1.807) is 0 Å². The molecule has 21 rings (SSSR count). The zero-order valence-corrected chi connectivity index (χ0v) is 55.3. The van der Waals surface area contributed by atoms with Gasteiger partial charge in [-0.2, -0.15) is 0 Å². The Kier molecular flexibility index (Phi) is 11.8. The Labute approximate surface area is 572 Å². The highest BCUT2D eigenvalue weighted by molar-refractivity contribution is 7.27. The Morgan fingerprint density at radius 2 is 0.357 bits per heavy atom. The number of anilines is 18. The first-order valence-corrected chi connectivity index (χ1v) is 37.9. The molecule has 0 fully saturated rings. The Balaban J connectivity index is 1.09. The summed E-state index contributed by atoms with van der Waals surface area (Å²) in [6.07, 6.45) is 0. The minimum Gasteiger partial charge on any atom is -0.311 e. The third-order valence-corrected chi connectivity index (χ3v) is 31.3. The summed E-state index contributed by atoms with van der Waals surface area (Å²) in [6, 6.07) is 139. The first-order chi connectivity index (χ1) is 48.7. The fourth-order valence-electron chi connectivity index (χ4n) is 18.0. The number of hydrogen-bond donors (Lipinski definition) is 0. The van der Waals surface area contributed by atoms with Gasteiger partial charge in [-0.3, -0.25) is 0 Å². The molecule has 98 heavy (non-hydrogen) atoms. The lowest BCUT2D eigenvalue weighted by Gasteiger charge is -2.61. The molecule has 0 bridgehead atoms. The van der Waals surface area contributed by atoms with E-state index in [1.807, 2.05) is 0 Å². The quantitative estimate of drug-likeness (QED) is 0.126. The molecule has 0 aliphatic carbocycles. The van der Waals surface area contributed by atoms with Gasteiger partial charge in [0.2, 0.25) is 0 Å². The molecule has 0 radical (unpaired) electrons. The molecule has 0 N–H and O–H groups in total. The minimum absolute atomic E-state index is 1.08. The zero-order chi connectivity index (χ0) is 64.2. The maximum atomic E-state index is 2.76. The fraction of sp³-hybridized carbons (Fsp3) is 0. The van der Waals surface area contributed by atoms with Crippen LogP contribution < -0.4 is 70.9 Å². The van der Waals surface area contributed by atoms with Crippen molar-refractivity contribution in [1.29, 1.82) is 0 Å². The van der Waals surface area contributed by atoms with Crippen molar-refractivity contribution in [2.24, 2.45) is 0 Å². The average molecular weight is 1280 g/mol. The Hall–Kier alpha value is -12.5. The van der Waals surface area contributed by atoms with E-state index in [9.17, 15) is 0 Å². The number of nitrogens with zero attached hydrogens (tertiary/aromatic N) is 6. The summed E-state index contributed by atoms with van der Waals surface area (Å²) in [5.41, 5.74) is 25.4. The molecular formula is C90H60N6Si2. The Morgan fingerprint density at radius 3 is 0.643 bits per heavy atom. The van der Waals surface area contributed by atoms with E-state index in [0.29, 0.717) is 0 Å². The molecular weight excluding hydrogens is 1220 g/mol. The van der Waals surface area contributed by atoms with Gasteiger partial charge in [0, 0.05) is 111 Å². The summed E-state index contributed by atoms with van der Waals surface area (Å²) in [5.74, 6) is 0. The van der Waals surface area contributed by atoms with Crippen LogP contribution in [0.25, 0.3) is 22.3 Å². The molecule has 0 aromatic heterocycles. The summed E-state index contributed by atoms with van der Waals surface area (Å²) in [5, 5.41) is 10.8. The second kappa shape index (κ2) is 21.0. The predicted octanol–water partition coefficient (Wildman–Crippen LogP) is 18.5. The van der Waals surface area contributed by atoms with Crippen LogP contribution in [0.4, 0.5) is 102 Å². The van der Waals surface area contributed by atoms with Gasteiger partial charge in [0.05, 0.1) is 22.7 Å². The molecule has 8 heteroatoms. The lowest BCUT2D eigenvalue weighted by atomic mass is 9.96. The maximum Gasteiger partial charge on any atom is 0.194 e. The number of para-hydroxylation sites is 6. The molecule has 0 spiro atoms. The Morgan fingerprint density at radius 1 is 0.153 bits per heavy atom. The highest BCUT2D eigenvalue weighted by Gasteiger charge is 2.67. The zero-order valence-electron chi connectivity index (χ0n) is 53.3.